The smallest absolute Gasteiger partial charge is 0.336 e. The summed E-state index contributed by atoms with van der Waals surface area (Å²) in [5.74, 6) is 0. The van der Waals surface area contributed by atoms with Crippen LogP contribution in [0.4, 0.5) is 0 Å². The Morgan fingerprint density at radius 3 is 2.86 bits per heavy atom. The Morgan fingerprint density at radius 2 is 2.14 bits per heavy atom. The predicted molar refractivity (Wildman–Crippen MR) is 57.3 cm³/mol. The van der Waals surface area contributed by atoms with Crippen LogP contribution < -0.4 is 5.63 Å². The highest BCUT2D eigenvalue weighted by Crippen LogP contribution is 2.18. The van der Waals surface area contributed by atoms with Crippen molar-refractivity contribution in [2.75, 3.05) is 0 Å². The van der Waals surface area contributed by atoms with Crippen molar-refractivity contribution in [2.24, 2.45) is 0 Å². The van der Waals surface area contributed by atoms with Gasteiger partial charge >= 0.3 is 5.63 Å². The molecule has 0 aliphatic carbocycles. The molecule has 0 radical (unpaired) electrons. The number of hydrogen-bond donors (Lipinski definition) is 0. The third kappa shape index (κ3) is 1.35. The Morgan fingerprint density at radius 1 is 1.36 bits per heavy atom. The van der Waals surface area contributed by atoms with Crippen LogP contribution in [0.1, 0.15) is 11.1 Å². The summed E-state index contributed by atoms with van der Waals surface area (Å²) in [5.41, 5.74) is 2.17. The maximum atomic E-state index is 11.2. The summed E-state index contributed by atoms with van der Waals surface area (Å²) in [6.07, 6.45) is 1.66. The van der Waals surface area contributed by atoms with Crippen LogP contribution in [0.3, 0.4) is 0 Å². The fourth-order valence-electron chi connectivity index (χ4n) is 1.46. The van der Waals surface area contributed by atoms with Gasteiger partial charge in [-0.1, -0.05) is 24.8 Å². The van der Waals surface area contributed by atoms with E-state index in [0.717, 1.165) is 16.5 Å². The van der Waals surface area contributed by atoms with Crippen molar-refractivity contribution >= 4 is 17.0 Å². The fourth-order valence-corrected chi connectivity index (χ4v) is 1.46. The summed E-state index contributed by atoms with van der Waals surface area (Å²) < 4.78 is 5.08. The Hall–Kier alpha value is -1.83. The van der Waals surface area contributed by atoms with Crippen LogP contribution in [0.2, 0.25) is 0 Å². The molecule has 2 nitrogen and oxygen atoms in total. The summed E-state index contributed by atoms with van der Waals surface area (Å²) in [5, 5.41) is 0.921. The molecule has 0 aliphatic heterocycles. The third-order valence-corrected chi connectivity index (χ3v) is 2.15. The van der Waals surface area contributed by atoms with E-state index >= 15 is 0 Å². The van der Waals surface area contributed by atoms with E-state index in [0.29, 0.717) is 5.58 Å². The highest BCUT2D eigenvalue weighted by atomic mass is 16.4. The zero-order chi connectivity index (χ0) is 10.1. The topological polar surface area (TPSA) is 30.2 Å². The minimum Gasteiger partial charge on any atom is -0.423 e. The Labute approximate surface area is 81.5 Å². The Kier molecular flexibility index (Phi) is 1.97. The number of benzene rings is 1. The van der Waals surface area contributed by atoms with Gasteiger partial charge in [-0.25, -0.2) is 4.79 Å². The van der Waals surface area contributed by atoms with E-state index in [1.54, 1.807) is 6.08 Å². The van der Waals surface area contributed by atoms with E-state index in [4.69, 9.17) is 4.42 Å². The van der Waals surface area contributed by atoms with Crippen molar-refractivity contribution < 1.29 is 4.42 Å². The SMILES string of the molecule is C=Cc1cc(=O)oc2cc(C)ccc12. The largest absolute Gasteiger partial charge is 0.423 e. The molecule has 1 aromatic carbocycles. The maximum absolute atomic E-state index is 11.2. The summed E-state index contributed by atoms with van der Waals surface area (Å²) in [6, 6.07) is 7.22. The monoisotopic (exact) mass is 186 g/mol. The van der Waals surface area contributed by atoms with Crippen molar-refractivity contribution in [3.05, 3.63) is 52.4 Å². The molecular formula is C12H10O2. The summed E-state index contributed by atoms with van der Waals surface area (Å²) >= 11 is 0. The molecule has 0 N–H and O–H groups in total. The first-order valence-electron chi connectivity index (χ1n) is 4.37. The van der Waals surface area contributed by atoms with Gasteiger partial charge in [0.15, 0.2) is 0 Å². The van der Waals surface area contributed by atoms with E-state index in [1.165, 1.54) is 6.07 Å². The molecule has 0 bridgehead atoms. The van der Waals surface area contributed by atoms with Crippen molar-refractivity contribution in [3.8, 4) is 0 Å². The van der Waals surface area contributed by atoms with Crippen LogP contribution in [-0.4, -0.2) is 0 Å². The van der Waals surface area contributed by atoms with Crippen LogP contribution in [0.25, 0.3) is 17.0 Å². The van der Waals surface area contributed by atoms with Crippen LogP contribution in [-0.2, 0) is 0 Å². The molecule has 0 amide bonds. The quantitative estimate of drug-likeness (QED) is 0.641. The molecule has 1 aromatic heterocycles. The average molecular weight is 186 g/mol. The molecule has 0 fully saturated rings. The van der Waals surface area contributed by atoms with Gasteiger partial charge in [-0.2, -0.15) is 0 Å². The molecule has 0 spiro atoms. The van der Waals surface area contributed by atoms with E-state index < -0.39 is 0 Å². The normalized spacial score (nSPS) is 10.4. The van der Waals surface area contributed by atoms with Crippen LogP contribution in [0, 0.1) is 6.92 Å². The minimum atomic E-state index is -0.335. The van der Waals surface area contributed by atoms with Crippen molar-refractivity contribution in [2.45, 2.75) is 6.92 Å². The number of hydrogen-bond acceptors (Lipinski definition) is 2. The molecule has 0 saturated heterocycles. The predicted octanol–water partition coefficient (Wildman–Crippen LogP) is 2.74. The van der Waals surface area contributed by atoms with E-state index in [1.807, 2.05) is 25.1 Å². The lowest BCUT2D eigenvalue weighted by Gasteiger charge is -2.00. The second-order valence-corrected chi connectivity index (χ2v) is 3.22. The molecule has 2 rings (SSSR count). The molecule has 14 heavy (non-hydrogen) atoms. The standard InChI is InChI=1S/C12H10O2/c1-3-9-7-12(13)14-11-6-8(2)4-5-10(9)11/h3-7H,1H2,2H3. The van der Waals surface area contributed by atoms with Gasteiger partial charge < -0.3 is 4.42 Å². The second-order valence-electron chi connectivity index (χ2n) is 3.22. The lowest BCUT2D eigenvalue weighted by atomic mass is 10.1. The maximum Gasteiger partial charge on any atom is 0.336 e. The minimum absolute atomic E-state index is 0.335. The molecule has 2 heteroatoms. The van der Waals surface area contributed by atoms with Crippen LogP contribution >= 0.6 is 0 Å². The fraction of sp³-hybridized carbons (Fsp3) is 0.0833. The van der Waals surface area contributed by atoms with Crippen molar-refractivity contribution in [3.63, 3.8) is 0 Å². The highest BCUT2D eigenvalue weighted by molar-refractivity contribution is 5.86. The van der Waals surface area contributed by atoms with Gasteiger partial charge in [-0.3, -0.25) is 0 Å². The second kappa shape index (κ2) is 3.14. The summed E-state index contributed by atoms with van der Waals surface area (Å²) in [7, 11) is 0. The van der Waals surface area contributed by atoms with Crippen LogP contribution in [0.5, 0.6) is 0 Å². The van der Waals surface area contributed by atoms with E-state index in [9.17, 15) is 4.79 Å². The molecule has 0 saturated carbocycles. The lowest BCUT2D eigenvalue weighted by Crippen LogP contribution is -1.97. The lowest BCUT2D eigenvalue weighted by molar-refractivity contribution is 0.560. The zero-order valence-electron chi connectivity index (χ0n) is 7.91. The first-order valence-corrected chi connectivity index (χ1v) is 4.37. The molecule has 1 heterocycles. The van der Waals surface area contributed by atoms with Gasteiger partial charge in [0.2, 0.25) is 0 Å². The van der Waals surface area contributed by atoms with Gasteiger partial charge in [-0.05, 0) is 24.1 Å². The van der Waals surface area contributed by atoms with Crippen molar-refractivity contribution in [1.82, 2.24) is 0 Å². The van der Waals surface area contributed by atoms with Crippen LogP contribution in [0.15, 0.2) is 40.1 Å². The third-order valence-electron chi connectivity index (χ3n) is 2.15. The molecule has 2 aromatic rings. The molecule has 70 valence electrons. The number of aryl methyl sites for hydroxylation is 1. The molecular weight excluding hydrogens is 176 g/mol. The first-order chi connectivity index (χ1) is 6.70. The zero-order valence-corrected chi connectivity index (χ0v) is 7.91. The van der Waals surface area contributed by atoms with Gasteiger partial charge in [0.1, 0.15) is 5.58 Å². The average Bonchev–Trinajstić information content (AvgIpc) is 2.15. The van der Waals surface area contributed by atoms with Gasteiger partial charge in [0, 0.05) is 11.5 Å². The van der Waals surface area contributed by atoms with E-state index in [2.05, 4.69) is 6.58 Å². The first kappa shape index (κ1) is 8.75. The van der Waals surface area contributed by atoms with Gasteiger partial charge in [-0.15, -0.1) is 0 Å². The van der Waals surface area contributed by atoms with Crippen molar-refractivity contribution in [1.29, 1.82) is 0 Å². The number of fused-ring (bicyclic) bond motifs is 1. The summed E-state index contributed by atoms with van der Waals surface area (Å²) in [6.45, 7) is 5.62. The highest BCUT2D eigenvalue weighted by Gasteiger charge is 2.02. The molecule has 0 aliphatic rings. The van der Waals surface area contributed by atoms with Gasteiger partial charge in [0.25, 0.3) is 0 Å². The summed E-state index contributed by atoms with van der Waals surface area (Å²) in [4.78, 5) is 11.2. The Bertz CT molecular complexity index is 550. The molecule has 0 atom stereocenters. The number of rotatable bonds is 1. The Balaban J connectivity index is 2.94. The van der Waals surface area contributed by atoms with Gasteiger partial charge in [0.05, 0.1) is 0 Å². The molecule has 0 unspecified atom stereocenters. The van der Waals surface area contributed by atoms with E-state index in [-0.39, 0.29) is 5.63 Å².